The Hall–Kier alpha value is -2.15. The number of nitrogens with zero attached hydrogens (tertiary/aromatic N) is 2. The molecular weight excluding hydrogens is 339 g/mol. The normalized spacial score (nSPS) is 20.2. The molecule has 1 heterocycles. The van der Waals surface area contributed by atoms with Gasteiger partial charge in [-0.15, -0.1) is 0 Å². The van der Waals surface area contributed by atoms with Crippen LogP contribution in [0, 0.1) is 17.7 Å². The summed E-state index contributed by atoms with van der Waals surface area (Å²) in [7, 11) is 0. The van der Waals surface area contributed by atoms with Gasteiger partial charge in [0.1, 0.15) is 5.82 Å². The maximum Gasteiger partial charge on any atom is 0.333 e. The number of hydrogen-bond donors (Lipinski definition) is 2. The standard InChI is InChI=1S/C19H27FN2O4/c1-12(2)10-14(17(23)19(25)26)18(24)22-9-8-21(11-13(22)3)16-7-5-4-6-15(16)20/h4-7,12-14,17,23H,8-11H2,1-3H3,(H,25,26)/t13-,14-,17-/m0/s1. The van der Waals surface area contributed by atoms with Gasteiger partial charge in [0.05, 0.1) is 11.6 Å². The summed E-state index contributed by atoms with van der Waals surface area (Å²) in [5, 5.41) is 19.1. The van der Waals surface area contributed by atoms with Crippen LogP contribution in [0.25, 0.3) is 0 Å². The number of aliphatic carboxylic acids is 1. The lowest BCUT2D eigenvalue weighted by atomic mass is 9.90. The zero-order chi connectivity index (χ0) is 19.4. The molecule has 1 aliphatic heterocycles. The maximum atomic E-state index is 14.0. The summed E-state index contributed by atoms with van der Waals surface area (Å²) in [6, 6.07) is 6.29. The van der Waals surface area contributed by atoms with Crippen molar-refractivity contribution in [3.8, 4) is 0 Å². The van der Waals surface area contributed by atoms with E-state index in [9.17, 15) is 19.1 Å². The van der Waals surface area contributed by atoms with Crippen LogP contribution in [0.4, 0.5) is 10.1 Å². The summed E-state index contributed by atoms with van der Waals surface area (Å²) in [5.41, 5.74) is 0.496. The molecule has 1 saturated heterocycles. The van der Waals surface area contributed by atoms with E-state index in [1.165, 1.54) is 6.07 Å². The third kappa shape index (κ3) is 4.52. The number of rotatable bonds is 6. The van der Waals surface area contributed by atoms with Gasteiger partial charge in [0, 0.05) is 25.7 Å². The summed E-state index contributed by atoms with van der Waals surface area (Å²) in [6.07, 6.45) is -1.42. The van der Waals surface area contributed by atoms with Gasteiger partial charge in [0.15, 0.2) is 6.10 Å². The second-order valence-electron chi connectivity index (χ2n) is 7.30. The van der Waals surface area contributed by atoms with E-state index in [0.717, 1.165) is 0 Å². The van der Waals surface area contributed by atoms with Crippen molar-refractivity contribution in [1.29, 1.82) is 0 Å². The molecule has 3 atom stereocenters. The Morgan fingerprint density at radius 1 is 1.27 bits per heavy atom. The van der Waals surface area contributed by atoms with Crippen molar-refractivity contribution in [3.63, 3.8) is 0 Å². The van der Waals surface area contributed by atoms with Crippen LogP contribution in [0.2, 0.25) is 0 Å². The van der Waals surface area contributed by atoms with Gasteiger partial charge in [0.2, 0.25) is 5.91 Å². The molecule has 1 aromatic carbocycles. The molecule has 0 aromatic heterocycles. The van der Waals surface area contributed by atoms with Crippen LogP contribution >= 0.6 is 0 Å². The fourth-order valence-electron chi connectivity index (χ4n) is 3.47. The van der Waals surface area contributed by atoms with E-state index in [-0.39, 0.29) is 23.7 Å². The number of carbonyl (C=O) groups is 2. The van der Waals surface area contributed by atoms with E-state index in [1.807, 2.05) is 25.7 Å². The highest BCUT2D eigenvalue weighted by Gasteiger charge is 2.38. The minimum absolute atomic E-state index is 0.0768. The number of anilines is 1. The van der Waals surface area contributed by atoms with Crippen molar-refractivity contribution in [1.82, 2.24) is 4.90 Å². The highest BCUT2D eigenvalue weighted by molar-refractivity contribution is 5.86. The summed E-state index contributed by atoms with van der Waals surface area (Å²) >= 11 is 0. The predicted molar refractivity (Wildman–Crippen MR) is 96.4 cm³/mol. The summed E-state index contributed by atoms with van der Waals surface area (Å²) < 4.78 is 14.0. The molecule has 1 aromatic rings. The Labute approximate surface area is 153 Å². The third-order valence-electron chi connectivity index (χ3n) is 4.78. The Morgan fingerprint density at radius 3 is 2.46 bits per heavy atom. The van der Waals surface area contributed by atoms with E-state index in [2.05, 4.69) is 0 Å². The molecule has 0 radical (unpaired) electrons. The molecule has 26 heavy (non-hydrogen) atoms. The average Bonchev–Trinajstić information content (AvgIpc) is 2.58. The predicted octanol–water partition coefficient (Wildman–Crippen LogP) is 1.97. The first kappa shape index (κ1) is 20.2. The van der Waals surface area contributed by atoms with Crippen LogP contribution in [0.15, 0.2) is 24.3 Å². The Bertz CT molecular complexity index is 652. The number of carboxylic acids is 1. The van der Waals surface area contributed by atoms with Gasteiger partial charge in [-0.1, -0.05) is 26.0 Å². The quantitative estimate of drug-likeness (QED) is 0.805. The van der Waals surface area contributed by atoms with Gasteiger partial charge in [-0.2, -0.15) is 0 Å². The monoisotopic (exact) mass is 366 g/mol. The Morgan fingerprint density at radius 2 is 1.92 bits per heavy atom. The number of hydrogen-bond acceptors (Lipinski definition) is 4. The second-order valence-corrected chi connectivity index (χ2v) is 7.30. The molecule has 2 rings (SSSR count). The van der Waals surface area contributed by atoms with Crippen LogP contribution in [0.5, 0.6) is 0 Å². The number of carbonyl (C=O) groups excluding carboxylic acids is 1. The number of halogens is 1. The zero-order valence-corrected chi connectivity index (χ0v) is 15.4. The molecule has 6 nitrogen and oxygen atoms in total. The van der Waals surface area contributed by atoms with Crippen molar-refractivity contribution in [2.45, 2.75) is 39.3 Å². The summed E-state index contributed by atoms with van der Waals surface area (Å²) in [5.74, 6) is -2.95. The molecule has 7 heteroatoms. The highest BCUT2D eigenvalue weighted by Crippen LogP contribution is 2.25. The fraction of sp³-hybridized carbons (Fsp3) is 0.579. The molecule has 0 aliphatic carbocycles. The molecule has 1 aliphatic rings. The molecule has 1 amide bonds. The van der Waals surface area contributed by atoms with Crippen molar-refractivity contribution in [2.75, 3.05) is 24.5 Å². The minimum Gasteiger partial charge on any atom is -0.479 e. The number of amides is 1. The fourth-order valence-corrected chi connectivity index (χ4v) is 3.47. The van der Waals surface area contributed by atoms with Crippen molar-refractivity contribution >= 4 is 17.6 Å². The highest BCUT2D eigenvalue weighted by atomic mass is 19.1. The van der Waals surface area contributed by atoms with Crippen LogP contribution in [0.1, 0.15) is 27.2 Å². The van der Waals surface area contributed by atoms with Crippen LogP contribution in [-0.2, 0) is 9.59 Å². The number of benzene rings is 1. The molecular formula is C19H27FN2O4. The van der Waals surface area contributed by atoms with Gasteiger partial charge in [0.25, 0.3) is 0 Å². The smallest absolute Gasteiger partial charge is 0.333 e. The largest absolute Gasteiger partial charge is 0.479 e. The first-order chi connectivity index (χ1) is 12.2. The van der Waals surface area contributed by atoms with Gasteiger partial charge >= 0.3 is 5.97 Å². The molecule has 1 fully saturated rings. The lowest BCUT2D eigenvalue weighted by molar-refractivity contribution is -0.158. The molecule has 0 unspecified atom stereocenters. The van der Waals surface area contributed by atoms with Crippen molar-refractivity contribution in [3.05, 3.63) is 30.1 Å². The number of piperazine rings is 1. The second kappa shape index (κ2) is 8.49. The lowest BCUT2D eigenvalue weighted by Crippen LogP contribution is -2.57. The SMILES string of the molecule is CC(C)C[C@H](C(=O)N1CCN(c2ccccc2F)C[C@@H]1C)[C@H](O)C(=O)O. The van der Waals surface area contributed by atoms with E-state index < -0.39 is 18.0 Å². The van der Waals surface area contributed by atoms with E-state index in [4.69, 9.17) is 5.11 Å². The number of para-hydroxylation sites is 1. The van der Waals surface area contributed by atoms with Gasteiger partial charge in [-0.05, 0) is 31.4 Å². The molecule has 2 N–H and O–H groups in total. The summed E-state index contributed by atoms with van der Waals surface area (Å²) in [6.45, 7) is 6.88. The number of aliphatic hydroxyl groups is 1. The van der Waals surface area contributed by atoms with Crippen molar-refractivity contribution < 1.29 is 24.2 Å². The molecule has 0 saturated carbocycles. The number of aliphatic hydroxyl groups excluding tert-OH is 1. The molecule has 0 spiro atoms. The molecule has 0 bridgehead atoms. The average molecular weight is 366 g/mol. The number of carboxylic acid groups (broad SMARTS) is 1. The van der Waals surface area contributed by atoms with Crippen LogP contribution in [0.3, 0.4) is 0 Å². The maximum absolute atomic E-state index is 14.0. The minimum atomic E-state index is -1.72. The van der Waals surface area contributed by atoms with Gasteiger partial charge in [-0.3, -0.25) is 4.79 Å². The van der Waals surface area contributed by atoms with Gasteiger partial charge < -0.3 is 20.0 Å². The zero-order valence-electron chi connectivity index (χ0n) is 15.4. The van der Waals surface area contributed by atoms with Crippen molar-refractivity contribution in [2.24, 2.45) is 11.8 Å². The van der Waals surface area contributed by atoms with E-state index in [1.54, 1.807) is 23.1 Å². The van der Waals surface area contributed by atoms with E-state index in [0.29, 0.717) is 31.7 Å². The van der Waals surface area contributed by atoms with Crippen LogP contribution < -0.4 is 4.90 Å². The topological polar surface area (TPSA) is 81.1 Å². The van der Waals surface area contributed by atoms with E-state index >= 15 is 0 Å². The van der Waals surface area contributed by atoms with Gasteiger partial charge in [-0.25, -0.2) is 9.18 Å². The Kier molecular flexibility index (Phi) is 6.58. The lowest BCUT2D eigenvalue weighted by Gasteiger charge is -2.42. The summed E-state index contributed by atoms with van der Waals surface area (Å²) in [4.78, 5) is 27.6. The third-order valence-corrected chi connectivity index (χ3v) is 4.78. The Balaban J connectivity index is 2.12. The first-order valence-electron chi connectivity index (χ1n) is 8.93. The molecule has 144 valence electrons. The van der Waals surface area contributed by atoms with Crippen LogP contribution in [-0.4, -0.2) is 58.8 Å². The first-order valence-corrected chi connectivity index (χ1v) is 8.93.